The van der Waals surface area contributed by atoms with Crippen LogP contribution in [0.1, 0.15) is 57.4 Å². The second-order valence-electron chi connectivity index (χ2n) is 8.07. The summed E-state index contributed by atoms with van der Waals surface area (Å²) in [5.41, 5.74) is 0.290. The lowest BCUT2D eigenvalue weighted by Gasteiger charge is -2.36. The molecule has 0 radical (unpaired) electrons. The summed E-state index contributed by atoms with van der Waals surface area (Å²) in [6, 6.07) is 6.02. The molecule has 1 aliphatic heterocycles. The van der Waals surface area contributed by atoms with Gasteiger partial charge < -0.3 is 19.7 Å². The summed E-state index contributed by atoms with van der Waals surface area (Å²) in [6.07, 6.45) is 7.35. The first-order chi connectivity index (χ1) is 13.5. The number of methoxy groups -OCH3 is 2. The van der Waals surface area contributed by atoms with Crippen molar-refractivity contribution in [2.75, 3.05) is 20.8 Å². The minimum Gasteiger partial charge on any atom is -0.493 e. The molecule has 28 heavy (non-hydrogen) atoms. The average Bonchev–Trinajstić information content (AvgIpc) is 3.02. The fourth-order valence-corrected chi connectivity index (χ4v) is 4.37. The van der Waals surface area contributed by atoms with Crippen molar-refractivity contribution in [2.45, 2.75) is 69.9 Å². The zero-order chi connectivity index (χ0) is 20.1. The van der Waals surface area contributed by atoms with Crippen LogP contribution in [0.2, 0.25) is 0 Å². The molecular weight excluding hydrogens is 356 g/mol. The van der Waals surface area contributed by atoms with Gasteiger partial charge in [0.25, 0.3) is 0 Å². The number of likely N-dealkylation sites (tertiary alicyclic amines) is 1. The van der Waals surface area contributed by atoms with Crippen molar-refractivity contribution in [1.29, 1.82) is 0 Å². The van der Waals surface area contributed by atoms with Crippen LogP contribution in [0.25, 0.3) is 0 Å². The van der Waals surface area contributed by atoms with Gasteiger partial charge in [-0.1, -0.05) is 25.3 Å². The number of rotatable bonds is 7. The molecule has 6 heteroatoms. The number of amides is 2. The van der Waals surface area contributed by atoms with Gasteiger partial charge >= 0.3 is 0 Å². The van der Waals surface area contributed by atoms with Gasteiger partial charge in [-0.25, -0.2) is 0 Å². The van der Waals surface area contributed by atoms with Crippen LogP contribution in [0.15, 0.2) is 18.2 Å². The fraction of sp³-hybridized carbons (Fsp3) is 0.636. The Morgan fingerprint density at radius 3 is 2.57 bits per heavy atom. The van der Waals surface area contributed by atoms with E-state index in [9.17, 15) is 9.59 Å². The summed E-state index contributed by atoms with van der Waals surface area (Å²) in [6.45, 7) is 2.42. The summed E-state index contributed by atoms with van der Waals surface area (Å²) < 4.78 is 10.6. The molecule has 1 N–H and O–H groups in total. The Balaban J connectivity index is 1.67. The molecule has 3 rings (SSSR count). The lowest BCUT2D eigenvalue weighted by molar-refractivity contribution is -0.141. The molecule has 1 aliphatic carbocycles. The third-order valence-electron chi connectivity index (χ3n) is 6.22. The Bertz CT molecular complexity index is 714. The summed E-state index contributed by atoms with van der Waals surface area (Å²) in [7, 11) is 3.22. The van der Waals surface area contributed by atoms with Crippen molar-refractivity contribution in [1.82, 2.24) is 10.2 Å². The van der Waals surface area contributed by atoms with E-state index in [1.54, 1.807) is 19.1 Å². The van der Waals surface area contributed by atoms with Gasteiger partial charge in [0.15, 0.2) is 11.5 Å². The number of hydrogen-bond donors (Lipinski definition) is 1. The van der Waals surface area contributed by atoms with E-state index >= 15 is 0 Å². The monoisotopic (exact) mass is 388 g/mol. The molecule has 1 saturated heterocycles. The highest BCUT2D eigenvalue weighted by Gasteiger charge is 2.47. The minimum absolute atomic E-state index is 0.00226. The Kier molecular flexibility index (Phi) is 6.47. The Labute approximate surface area is 167 Å². The van der Waals surface area contributed by atoms with Crippen molar-refractivity contribution in [3.63, 3.8) is 0 Å². The molecule has 1 unspecified atom stereocenters. The predicted octanol–water partition coefficient (Wildman–Crippen LogP) is 3.08. The van der Waals surface area contributed by atoms with Crippen LogP contribution in [0.5, 0.6) is 11.5 Å². The number of nitrogens with one attached hydrogen (secondary N) is 1. The Hall–Kier alpha value is -2.24. The molecule has 0 bridgehead atoms. The van der Waals surface area contributed by atoms with E-state index in [0.717, 1.165) is 18.4 Å². The quantitative estimate of drug-likeness (QED) is 0.779. The molecule has 1 aromatic rings. The third-order valence-corrected chi connectivity index (χ3v) is 6.22. The molecule has 2 fully saturated rings. The first-order valence-electron chi connectivity index (χ1n) is 10.3. The first kappa shape index (κ1) is 20.5. The second kappa shape index (κ2) is 8.84. The molecule has 1 heterocycles. The maximum absolute atomic E-state index is 13.0. The van der Waals surface area contributed by atoms with E-state index in [1.807, 2.05) is 25.1 Å². The van der Waals surface area contributed by atoms with E-state index in [4.69, 9.17) is 9.47 Å². The van der Waals surface area contributed by atoms with Crippen molar-refractivity contribution in [3.05, 3.63) is 23.8 Å². The standard InChI is InChI=1S/C22H32N2O4/c1-22(21(26)23-17-7-5-4-6-8-17)13-11-20(25)24(22)14-12-16-9-10-18(27-2)19(15-16)28-3/h9-10,15,17H,4-8,11-14H2,1-3H3,(H,23,26). The van der Waals surface area contributed by atoms with Crippen LogP contribution in [0.4, 0.5) is 0 Å². The smallest absolute Gasteiger partial charge is 0.245 e. The van der Waals surface area contributed by atoms with Gasteiger partial charge in [0.2, 0.25) is 11.8 Å². The number of nitrogens with zero attached hydrogens (tertiary/aromatic N) is 1. The van der Waals surface area contributed by atoms with Crippen molar-refractivity contribution in [2.24, 2.45) is 0 Å². The average molecular weight is 389 g/mol. The zero-order valence-electron chi connectivity index (χ0n) is 17.3. The molecule has 0 spiro atoms. The van der Waals surface area contributed by atoms with Gasteiger partial charge in [-0.2, -0.15) is 0 Å². The van der Waals surface area contributed by atoms with E-state index in [1.165, 1.54) is 19.3 Å². The third kappa shape index (κ3) is 4.26. The van der Waals surface area contributed by atoms with Crippen LogP contribution in [0.3, 0.4) is 0 Å². The number of ether oxygens (including phenoxy) is 2. The largest absolute Gasteiger partial charge is 0.493 e. The molecule has 0 aromatic heterocycles. The highest BCUT2D eigenvalue weighted by molar-refractivity contribution is 5.94. The summed E-state index contributed by atoms with van der Waals surface area (Å²) in [5.74, 6) is 1.41. The highest BCUT2D eigenvalue weighted by atomic mass is 16.5. The molecule has 2 aliphatic rings. The van der Waals surface area contributed by atoms with Gasteiger partial charge in [-0.3, -0.25) is 9.59 Å². The maximum atomic E-state index is 13.0. The summed E-state index contributed by atoms with van der Waals surface area (Å²) >= 11 is 0. The van der Waals surface area contributed by atoms with Gasteiger partial charge in [0.05, 0.1) is 14.2 Å². The maximum Gasteiger partial charge on any atom is 0.245 e. The van der Waals surface area contributed by atoms with Crippen molar-refractivity contribution >= 4 is 11.8 Å². The van der Waals surface area contributed by atoms with E-state index in [-0.39, 0.29) is 17.9 Å². The topological polar surface area (TPSA) is 67.9 Å². The lowest BCUT2D eigenvalue weighted by Crippen LogP contribution is -2.57. The SMILES string of the molecule is COc1ccc(CCN2C(=O)CCC2(C)C(=O)NC2CCCCC2)cc1OC. The molecule has 1 saturated carbocycles. The molecule has 2 amide bonds. The van der Waals surface area contributed by atoms with Gasteiger partial charge in [-0.15, -0.1) is 0 Å². The van der Waals surface area contributed by atoms with Gasteiger partial charge in [-0.05, 0) is 50.3 Å². The number of carbonyl (C=O) groups is 2. The summed E-state index contributed by atoms with van der Waals surface area (Å²) in [5, 5.41) is 3.21. The molecule has 154 valence electrons. The fourth-order valence-electron chi connectivity index (χ4n) is 4.37. The highest BCUT2D eigenvalue weighted by Crippen LogP contribution is 2.32. The van der Waals surface area contributed by atoms with Gasteiger partial charge in [0, 0.05) is 19.0 Å². The van der Waals surface area contributed by atoms with E-state index in [0.29, 0.717) is 37.3 Å². The van der Waals surface area contributed by atoms with Crippen molar-refractivity contribution < 1.29 is 19.1 Å². The van der Waals surface area contributed by atoms with Crippen LogP contribution in [-0.2, 0) is 16.0 Å². The van der Waals surface area contributed by atoms with Crippen LogP contribution < -0.4 is 14.8 Å². The second-order valence-corrected chi connectivity index (χ2v) is 8.07. The predicted molar refractivity (Wildman–Crippen MR) is 108 cm³/mol. The Morgan fingerprint density at radius 2 is 1.89 bits per heavy atom. The van der Waals surface area contributed by atoms with Gasteiger partial charge in [0.1, 0.15) is 5.54 Å². The molecular formula is C22H32N2O4. The van der Waals surface area contributed by atoms with Crippen LogP contribution in [0, 0.1) is 0 Å². The van der Waals surface area contributed by atoms with E-state index in [2.05, 4.69) is 5.32 Å². The Morgan fingerprint density at radius 1 is 1.18 bits per heavy atom. The van der Waals surface area contributed by atoms with Crippen molar-refractivity contribution in [3.8, 4) is 11.5 Å². The van der Waals surface area contributed by atoms with Crippen LogP contribution >= 0.6 is 0 Å². The molecule has 1 aromatic carbocycles. The number of benzene rings is 1. The zero-order valence-corrected chi connectivity index (χ0v) is 17.3. The number of hydrogen-bond acceptors (Lipinski definition) is 4. The first-order valence-corrected chi connectivity index (χ1v) is 10.3. The minimum atomic E-state index is -0.759. The lowest BCUT2D eigenvalue weighted by atomic mass is 9.92. The molecule has 1 atom stereocenters. The van der Waals surface area contributed by atoms with Crippen LogP contribution in [-0.4, -0.2) is 49.1 Å². The normalized spacial score (nSPS) is 23.0. The van der Waals surface area contributed by atoms with E-state index < -0.39 is 5.54 Å². The molecule has 6 nitrogen and oxygen atoms in total. The number of carbonyl (C=O) groups excluding carboxylic acids is 2. The summed E-state index contributed by atoms with van der Waals surface area (Å²) in [4.78, 5) is 27.3.